The van der Waals surface area contributed by atoms with E-state index in [9.17, 15) is 9.59 Å². The number of hydrogen-bond donors (Lipinski definition) is 0. The Morgan fingerprint density at radius 2 is 1.88 bits per heavy atom. The van der Waals surface area contributed by atoms with Crippen LogP contribution in [0, 0.1) is 0 Å². The Morgan fingerprint density at radius 3 is 2.52 bits per heavy atom. The molecule has 6 nitrogen and oxygen atoms in total. The molecule has 0 aliphatic rings. The highest BCUT2D eigenvalue weighted by Gasteiger charge is 2.16. The molecular weight excluding hydrogens is 324 g/mol. The van der Waals surface area contributed by atoms with Crippen molar-refractivity contribution in [1.29, 1.82) is 0 Å². The average molecular weight is 350 g/mol. The van der Waals surface area contributed by atoms with Gasteiger partial charge in [-0.3, -0.25) is 4.79 Å². The van der Waals surface area contributed by atoms with E-state index in [4.69, 9.17) is 18.9 Å². The van der Waals surface area contributed by atoms with Crippen LogP contribution in [0.3, 0.4) is 0 Å². The SMILES string of the molecule is C=C(C)C(=O)OCCCC(=O)OC(COCC)COc1ccccc1. The van der Waals surface area contributed by atoms with Crippen molar-refractivity contribution < 1.29 is 28.5 Å². The van der Waals surface area contributed by atoms with Crippen LogP contribution < -0.4 is 4.74 Å². The fraction of sp³-hybridized carbons (Fsp3) is 0.474. The van der Waals surface area contributed by atoms with Gasteiger partial charge in [-0.1, -0.05) is 24.8 Å². The number of carbonyl (C=O) groups is 2. The Balaban J connectivity index is 2.33. The number of ether oxygens (including phenoxy) is 4. The zero-order chi connectivity index (χ0) is 18.5. The first kappa shape index (κ1) is 20.7. The summed E-state index contributed by atoms with van der Waals surface area (Å²) in [5.41, 5.74) is 0.331. The number of carbonyl (C=O) groups excluding carboxylic acids is 2. The van der Waals surface area contributed by atoms with Gasteiger partial charge >= 0.3 is 11.9 Å². The van der Waals surface area contributed by atoms with Gasteiger partial charge in [-0.25, -0.2) is 4.79 Å². The molecule has 0 heterocycles. The van der Waals surface area contributed by atoms with E-state index in [2.05, 4.69) is 6.58 Å². The second-order valence-corrected chi connectivity index (χ2v) is 5.42. The van der Waals surface area contributed by atoms with Crippen LogP contribution >= 0.6 is 0 Å². The molecule has 0 amide bonds. The fourth-order valence-corrected chi connectivity index (χ4v) is 1.82. The summed E-state index contributed by atoms with van der Waals surface area (Å²) in [5.74, 6) is -0.140. The van der Waals surface area contributed by atoms with Gasteiger partial charge in [0, 0.05) is 18.6 Å². The van der Waals surface area contributed by atoms with E-state index in [-0.39, 0.29) is 32.2 Å². The third-order valence-electron chi connectivity index (χ3n) is 3.09. The van der Waals surface area contributed by atoms with Crippen LogP contribution in [-0.2, 0) is 23.8 Å². The molecule has 0 saturated carbocycles. The molecule has 0 N–H and O–H groups in total. The van der Waals surface area contributed by atoms with Crippen molar-refractivity contribution in [1.82, 2.24) is 0 Å². The molecule has 138 valence electrons. The van der Waals surface area contributed by atoms with E-state index in [1.54, 1.807) is 6.92 Å². The van der Waals surface area contributed by atoms with Crippen molar-refractivity contribution in [2.45, 2.75) is 32.8 Å². The Kier molecular flexibility index (Phi) is 10.0. The van der Waals surface area contributed by atoms with Gasteiger partial charge in [0.2, 0.25) is 0 Å². The van der Waals surface area contributed by atoms with Gasteiger partial charge in [0.1, 0.15) is 12.4 Å². The van der Waals surface area contributed by atoms with E-state index >= 15 is 0 Å². The summed E-state index contributed by atoms with van der Waals surface area (Å²) in [7, 11) is 0. The van der Waals surface area contributed by atoms with Crippen LogP contribution in [0.1, 0.15) is 26.7 Å². The Morgan fingerprint density at radius 1 is 1.16 bits per heavy atom. The van der Waals surface area contributed by atoms with Gasteiger partial charge in [-0.2, -0.15) is 0 Å². The molecule has 0 aromatic heterocycles. The molecule has 1 rings (SSSR count). The Labute approximate surface area is 148 Å². The zero-order valence-corrected chi connectivity index (χ0v) is 14.9. The monoisotopic (exact) mass is 350 g/mol. The summed E-state index contributed by atoms with van der Waals surface area (Å²) in [4.78, 5) is 23.1. The molecular formula is C19H26O6. The number of para-hydroxylation sites is 1. The second-order valence-electron chi connectivity index (χ2n) is 5.42. The van der Waals surface area contributed by atoms with E-state index in [1.165, 1.54) is 0 Å². The van der Waals surface area contributed by atoms with Crippen LogP contribution in [-0.4, -0.2) is 44.5 Å². The minimum absolute atomic E-state index is 0.150. The molecule has 0 saturated heterocycles. The molecule has 1 aromatic carbocycles. The Bertz CT molecular complexity index is 540. The van der Waals surface area contributed by atoms with Gasteiger partial charge in [0.05, 0.1) is 13.2 Å². The molecule has 1 unspecified atom stereocenters. The van der Waals surface area contributed by atoms with Gasteiger partial charge < -0.3 is 18.9 Å². The maximum absolute atomic E-state index is 11.9. The highest BCUT2D eigenvalue weighted by atomic mass is 16.6. The highest BCUT2D eigenvalue weighted by molar-refractivity contribution is 5.86. The van der Waals surface area contributed by atoms with Gasteiger partial charge in [0.25, 0.3) is 0 Å². The lowest BCUT2D eigenvalue weighted by Gasteiger charge is -2.18. The molecule has 0 bridgehead atoms. The third-order valence-corrected chi connectivity index (χ3v) is 3.09. The minimum atomic E-state index is -0.495. The maximum Gasteiger partial charge on any atom is 0.333 e. The first-order chi connectivity index (χ1) is 12.0. The normalized spacial score (nSPS) is 11.4. The summed E-state index contributed by atoms with van der Waals surface area (Å²) in [5, 5.41) is 0. The molecule has 0 aliphatic heterocycles. The fourth-order valence-electron chi connectivity index (χ4n) is 1.82. The second kappa shape index (κ2) is 12.1. The predicted octanol–water partition coefficient (Wildman–Crippen LogP) is 2.91. The van der Waals surface area contributed by atoms with Crippen LogP contribution in [0.25, 0.3) is 0 Å². The number of esters is 2. The quantitative estimate of drug-likeness (QED) is 0.328. The summed E-state index contributed by atoms with van der Waals surface area (Å²) in [6.07, 6.45) is 0.0431. The summed E-state index contributed by atoms with van der Waals surface area (Å²) in [6, 6.07) is 9.28. The molecule has 0 spiro atoms. The maximum atomic E-state index is 11.9. The predicted molar refractivity (Wildman–Crippen MR) is 93.3 cm³/mol. The van der Waals surface area contributed by atoms with Gasteiger partial charge in [-0.05, 0) is 32.4 Å². The lowest BCUT2D eigenvalue weighted by Crippen LogP contribution is -2.30. The van der Waals surface area contributed by atoms with Gasteiger partial charge in [-0.15, -0.1) is 0 Å². The van der Waals surface area contributed by atoms with Crippen LogP contribution in [0.15, 0.2) is 42.5 Å². The van der Waals surface area contributed by atoms with E-state index < -0.39 is 12.1 Å². The Hall–Kier alpha value is -2.34. The largest absolute Gasteiger partial charge is 0.490 e. The number of benzene rings is 1. The van der Waals surface area contributed by atoms with E-state index in [1.807, 2.05) is 37.3 Å². The molecule has 1 atom stereocenters. The lowest BCUT2D eigenvalue weighted by atomic mass is 10.3. The molecule has 0 aliphatic carbocycles. The van der Waals surface area contributed by atoms with Crippen molar-refractivity contribution in [3.8, 4) is 5.75 Å². The zero-order valence-electron chi connectivity index (χ0n) is 14.9. The smallest absolute Gasteiger partial charge is 0.333 e. The molecule has 1 aromatic rings. The molecule has 6 heteroatoms. The molecule has 0 fully saturated rings. The summed E-state index contributed by atoms with van der Waals surface area (Å²) < 4.78 is 21.3. The van der Waals surface area contributed by atoms with Crippen LogP contribution in [0.4, 0.5) is 0 Å². The van der Waals surface area contributed by atoms with Gasteiger partial charge in [0.15, 0.2) is 6.10 Å². The third kappa shape index (κ3) is 9.52. The number of hydrogen-bond acceptors (Lipinski definition) is 6. The van der Waals surface area contributed by atoms with Crippen molar-refractivity contribution in [2.24, 2.45) is 0 Å². The summed E-state index contributed by atoms with van der Waals surface area (Å²) in [6.45, 7) is 8.07. The van der Waals surface area contributed by atoms with Crippen molar-refractivity contribution in [3.63, 3.8) is 0 Å². The van der Waals surface area contributed by atoms with E-state index in [0.717, 1.165) is 0 Å². The average Bonchev–Trinajstić information content (AvgIpc) is 2.61. The molecule has 25 heavy (non-hydrogen) atoms. The van der Waals surface area contributed by atoms with E-state index in [0.29, 0.717) is 24.4 Å². The number of rotatable bonds is 12. The van der Waals surface area contributed by atoms with Crippen molar-refractivity contribution in [3.05, 3.63) is 42.5 Å². The standard InChI is InChI=1S/C19H26O6/c1-4-22-13-17(14-24-16-9-6-5-7-10-16)25-18(20)11-8-12-23-19(21)15(2)3/h5-7,9-10,17H,2,4,8,11-14H2,1,3H3. The first-order valence-corrected chi connectivity index (χ1v) is 8.30. The first-order valence-electron chi connectivity index (χ1n) is 8.30. The highest BCUT2D eigenvalue weighted by Crippen LogP contribution is 2.10. The van der Waals surface area contributed by atoms with Crippen molar-refractivity contribution in [2.75, 3.05) is 26.4 Å². The van der Waals surface area contributed by atoms with Crippen LogP contribution in [0.2, 0.25) is 0 Å². The topological polar surface area (TPSA) is 71.1 Å². The molecule has 0 radical (unpaired) electrons. The van der Waals surface area contributed by atoms with Crippen molar-refractivity contribution >= 4 is 11.9 Å². The minimum Gasteiger partial charge on any atom is -0.490 e. The summed E-state index contributed by atoms with van der Waals surface area (Å²) >= 11 is 0. The van der Waals surface area contributed by atoms with Crippen LogP contribution in [0.5, 0.6) is 5.75 Å². The lowest BCUT2D eigenvalue weighted by molar-refractivity contribution is -0.155.